The lowest BCUT2D eigenvalue weighted by Gasteiger charge is -2.41. The fourth-order valence-electron chi connectivity index (χ4n) is 2.18. The van der Waals surface area contributed by atoms with Gasteiger partial charge in [-0.1, -0.05) is 11.8 Å². The Bertz CT molecular complexity index is 498. The third-order valence-electron chi connectivity index (χ3n) is 2.99. The van der Waals surface area contributed by atoms with Gasteiger partial charge in [0.1, 0.15) is 5.82 Å². The minimum atomic E-state index is -0.907. The van der Waals surface area contributed by atoms with Gasteiger partial charge in [-0.15, -0.1) is 0 Å². The number of nitrogens with two attached hydrogens (primary N) is 2. The van der Waals surface area contributed by atoms with Crippen LogP contribution in [0.25, 0.3) is 0 Å². The smallest absolute Gasteiger partial charge is 0.258 e. The van der Waals surface area contributed by atoms with Crippen molar-refractivity contribution in [2.75, 3.05) is 11.4 Å². The van der Waals surface area contributed by atoms with Gasteiger partial charge >= 0.3 is 0 Å². The molecule has 0 aromatic carbocycles. The molecule has 0 spiro atoms. The topological polar surface area (TPSA) is 121 Å². The van der Waals surface area contributed by atoms with Crippen LogP contribution >= 0.6 is 11.8 Å². The number of rotatable bonds is 2. The van der Waals surface area contributed by atoms with Crippen LogP contribution in [0.15, 0.2) is 18.3 Å². The summed E-state index contributed by atoms with van der Waals surface area (Å²) in [5.41, 5.74) is 5.84. The Morgan fingerprint density at radius 3 is 3.17 bits per heavy atom. The van der Waals surface area contributed by atoms with Crippen LogP contribution in [-0.2, 0) is 0 Å². The summed E-state index contributed by atoms with van der Waals surface area (Å²) in [5.74, 6) is 11.4. The highest BCUT2D eigenvalue weighted by Crippen LogP contribution is 2.41. The summed E-state index contributed by atoms with van der Waals surface area (Å²) in [4.78, 5) is 18.2. The lowest BCUT2D eigenvalue weighted by Crippen LogP contribution is -2.69. The molecule has 18 heavy (non-hydrogen) atoms. The summed E-state index contributed by atoms with van der Waals surface area (Å²) in [6.45, 7) is 0.579. The standard InChI is InChI=1S/C9H13N7OS/c10-14-6-4-16-7-5(2-1-3-12-7)8(17)13-9(16,15-11)18-6/h1-3,6,14-15H,4,10-11H2,(H,13,17). The van der Waals surface area contributed by atoms with Crippen molar-refractivity contribution in [3.05, 3.63) is 23.9 Å². The Labute approximate surface area is 107 Å². The monoisotopic (exact) mass is 267 g/mol. The molecule has 8 nitrogen and oxygen atoms in total. The van der Waals surface area contributed by atoms with Crippen molar-refractivity contribution in [3.8, 4) is 0 Å². The molecular weight excluding hydrogens is 254 g/mol. The quantitative estimate of drug-likeness (QED) is 0.316. The number of hydrogen-bond acceptors (Lipinski definition) is 8. The minimum absolute atomic E-state index is 0.0608. The van der Waals surface area contributed by atoms with Gasteiger partial charge in [-0.25, -0.2) is 15.8 Å². The average molecular weight is 267 g/mol. The van der Waals surface area contributed by atoms with E-state index >= 15 is 0 Å². The minimum Gasteiger partial charge on any atom is -0.308 e. The molecule has 1 fully saturated rings. The molecule has 0 aliphatic carbocycles. The number of anilines is 1. The Morgan fingerprint density at radius 1 is 1.61 bits per heavy atom. The van der Waals surface area contributed by atoms with Crippen molar-refractivity contribution >= 4 is 23.5 Å². The van der Waals surface area contributed by atoms with Crippen LogP contribution in [0, 0.1) is 0 Å². The predicted octanol–water partition coefficient (Wildman–Crippen LogP) is -1.76. The van der Waals surface area contributed by atoms with E-state index in [4.69, 9.17) is 11.7 Å². The lowest BCUT2D eigenvalue weighted by molar-refractivity contribution is 0.0907. The van der Waals surface area contributed by atoms with Crippen LogP contribution in [0.2, 0.25) is 0 Å². The van der Waals surface area contributed by atoms with Crippen molar-refractivity contribution in [2.45, 2.75) is 10.5 Å². The number of carbonyl (C=O) groups is 1. The van der Waals surface area contributed by atoms with E-state index in [9.17, 15) is 4.79 Å². The lowest BCUT2D eigenvalue weighted by atomic mass is 10.2. The van der Waals surface area contributed by atoms with Gasteiger partial charge in [-0.2, -0.15) is 0 Å². The van der Waals surface area contributed by atoms with E-state index in [1.807, 2.05) is 4.90 Å². The van der Waals surface area contributed by atoms with Crippen LogP contribution in [0.4, 0.5) is 5.82 Å². The maximum Gasteiger partial charge on any atom is 0.258 e. The van der Waals surface area contributed by atoms with Crippen LogP contribution in [0.1, 0.15) is 10.4 Å². The zero-order valence-electron chi connectivity index (χ0n) is 9.38. The first-order chi connectivity index (χ1) is 8.70. The van der Waals surface area contributed by atoms with E-state index in [1.54, 1.807) is 18.3 Å². The second-order valence-electron chi connectivity index (χ2n) is 4.00. The van der Waals surface area contributed by atoms with Crippen LogP contribution < -0.4 is 32.8 Å². The van der Waals surface area contributed by atoms with E-state index in [0.717, 1.165) is 0 Å². The highest BCUT2D eigenvalue weighted by Gasteiger charge is 2.51. The van der Waals surface area contributed by atoms with Gasteiger partial charge in [0, 0.05) is 12.7 Å². The maximum atomic E-state index is 12.0. The zero-order chi connectivity index (χ0) is 12.8. The Morgan fingerprint density at radius 2 is 2.44 bits per heavy atom. The van der Waals surface area contributed by atoms with Crippen molar-refractivity contribution in [2.24, 2.45) is 11.7 Å². The molecule has 3 rings (SSSR count). The van der Waals surface area contributed by atoms with E-state index in [0.29, 0.717) is 17.9 Å². The summed E-state index contributed by atoms with van der Waals surface area (Å²) in [7, 11) is 0. The van der Waals surface area contributed by atoms with Gasteiger partial charge in [0.2, 0.25) is 5.12 Å². The molecule has 2 unspecified atom stereocenters. The molecule has 96 valence electrons. The number of carbonyl (C=O) groups excluding carboxylic acids is 1. The average Bonchev–Trinajstić information content (AvgIpc) is 2.79. The number of nitrogens with one attached hydrogen (secondary N) is 3. The van der Waals surface area contributed by atoms with Crippen molar-refractivity contribution in [1.82, 2.24) is 21.2 Å². The van der Waals surface area contributed by atoms with Gasteiger partial charge in [0.25, 0.3) is 5.91 Å². The van der Waals surface area contributed by atoms with E-state index in [-0.39, 0.29) is 11.3 Å². The second-order valence-corrected chi connectivity index (χ2v) is 5.40. The van der Waals surface area contributed by atoms with E-state index in [1.165, 1.54) is 11.8 Å². The molecular formula is C9H13N7OS. The van der Waals surface area contributed by atoms with Crippen molar-refractivity contribution < 1.29 is 4.79 Å². The highest BCUT2D eigenvalue weighted by molar-refractivity contribution is 8.01. The van der Waals surface area contributed by atoms with E-state index in [2.05, 4.69) is 21.2 Å². The molecule has 2 aliphatic heterocycles. The Hall–Kier alpha value is -1.39. The number of thioether (sulfide) groups is 1. The van der Waals surface area contributed by atoms with Gasteiger partial charge < -0.3 is 10.2 Å². The SMILES string of the molecule is NNC1CN2c3ncccc3C(=O)NC2(NN)S1. The Kier molecular flexibility index (Phi) is 2.64. The van der Waals surface area contributed by atoms with Gasteiger partial charge in [0.15, 0.2) is 0 Å². The molecule has 7 N–H and O–H groups in total. The zero-order valence-corrected chi connectivity index (χ0v) is 10.2. The van der Waals surface area contributed by atoms with Crippen LogP contribution in [-0.4, -0.2) is 27.9 Å². The first kappa shape index (κ1) is 11.7. The summed E-state index contributed by atoms with van der Waals surface area (Å²) < 4.78 is 0. The molecule has 1 saturated heterocycles. The highest BCUT2D eigenvalue weighted by atomic mass is 32.2. The predicted molar refractivity (Wildman–Crippen MR) is 67.8 cm³/mol. The van der Waals surface area contributed by atoms with Crippen molar-refractivity contribution in [1.29, 1.82) is 0 Å². The fourth-order valence-corrected chi connectivity index (χ4v) is 3.39. The number of nitrogens with zero attached hydrogens (tertiary/aromatic N) is 2. The summed E-state index contributed by atoms with van der Waals surface area (Å²) in [5, 5.41) is 1.87. The third kappa shape index (κ3) is 1.49. The number of hydrazine groups is 2. The van der Waals surface area contributed by atoms with Crippen molar-refractivity contribution in [3.63, 3.8) is 0 Å². The normalized spacial score (nSPS) is 29.8. The number of hydrogen-bond donors (Lipinski definition) is 5. The van der Waals surface area contributed by atoms with Crippen LogP contribution in [0.5, 0.6) is 0 Å². The number of fused-ring (bicyclic) bond motifs is 3. The van der Waals surface area contributed by atoms with Gasteiger partial charge in [0.05, 0.1) is 10.9 Å². The Balaban J connectivity index is 2.09. The van der Waals surface area contributed by atoms with E-state index < -0.39 is 5.12 Å². The van der Waals surface area contributed by atoms with Gasteiger partial charge in [-0.3, -0.25) is 16.5 Å². The second kappa shape index (κ2) is 4.07. The molecule has 1 amide bonds. The number of amides is 1. The summed E-state index contributed by atoms with van der Waals surface area (Å²) in [6, 6.07) is 3.45. The molecule has 9 heteroatoms. The maximum absolute atomic E-state index is 12.0. The number of aromatic nitrogens is 1. The number of pyridine rings is 1. The molecule has 0 bridgehead atoms. The first-order valence-corrected chi connectivity index (χ1v) is 6.25. The molecule has 3 heterocycles. The molecule has 2 aliphatic rings. The largest absolute Gasteiger partial charge is 0.308 e. The first-order valence-electron chi connectivity index (χ1n) is 5.37. The summed E-state index contributed by atoms with van der Waals surface area (Å²) >= 11 is 1.39. The molecule has 0 radical (unpaired) electrons. The molecule has 2 atom stereocenters. The third-order valence-corrected chi connectivity index (χ3v) is 4.34. The van der Waals surface area contributed by atoms with Gasteiger partial charge in [-0.05, 0) is 12.1 Å². The molecule has 1 aromatic rings. The van der Waals surface area contributed by atoms with Crippen LogP contribution in [0.3, 0.4) is 0 Å². The summed E-state index contributed by atoms with van der Waals surface area (Å²) in [6.07, 6.45) is 1.65. The molecule has 1 aromatic heterocycles. The fraction of sp³-hybridized carbons (Fsp3) is 0.333. The molecule has 0 saturated carbocycles.